The van der Waals surface area contributed by atoms with Crippen LogP contribution in [-0.4, -0.2) is 24.3 Å². The first-order valence-corrected chi connectivity index (χ1v) is 4.41. The fraction of sp³-hybridized carbons (Fsp3) is 1.00. The van der Waals surface area contributed by atoms with Gasteiger partial charge in [0, 0.05) is 12.6 Å². The lowest BCUT2D eigenvalue weighted by Gasteiger charge is -2.31. The molecule has 0 aromatic heterocycles. The summed E-state index contributed by atoms with van der Waals surface area (Å²) < 4.78 is 0. The SMILES string of the molecule is CC(C)CC1(C)CCON1C. The smallest absolute Gasteiger partial charge is 0.0703 e. The first-order chi connectivity index (χ1) is 5.04. The first-order valence-electron chi connectivity index (χ1n) is 4.41. The van der Waals surface area contributed by atoms with Gasteiger partial charge in [0.2, 0.25) is 0 Å². The molecule has 66 valence electrons. The summed E-state index contributed by atoms with van der Waals surface area (Å²) in [5, 5.41) is 2.02. The van der Waals surface area contributed by atoms with Crippen LogP contribution in [-0.2, 0) is 4.84 Å². The van der Waals surface area contributed by atoms with Gasteiger partial charge >= 0.3 is 0 Å². The molecular weight excluding hydrogens is 138 g/mol. The zero-order valence-corrected chi connectivity index (χ0v) is 8.05. The van der Waals surface area contributed by atoms with Gasteiger partial charge in [-0.2, -0.15) is 5.06 Å². The number of hydroxylamine groups is 2. The molecule has 1 aliphatic rings. The van der Waals surface area contributed by atoms with E-state index in [9.17, 15) is 0 Å². The Bertz CT molecular complexity index is 136. The van der Waals surface area contributed by atoms with Crippen molar-refractivity contribution < 1.29 is 4.84 Å². The van der Waals surface area contributed by atoms with Crippen molar-refractivity contribution in [1.82, 2.24) is 5.06 Å². The van der Waals surface area contributed by atoms with E-state index in [0.29, 0.717) is 0 Å². The van der Waals surface area contributed by atoms with Crippen molar-refractivity contribution in [2.24, 2.45) is 5.92 Å². The highest BCUT2D eigenvalue weighted by molar-refractivity contribution is 4.85. The van der Waals surface area contributed by atoms with Gasteiger partial charge in [-0.05, 0) is 25.7 Å². The molecule has 1 rings (SSSR count). The highest BCUT2D eigenvalue weighted by Gasteiger charge is 2.35. The molecule has 0 aromatic rings. The highest BCUT2D eigenvalue weighted by atomic mass is 16.7. The number of hydrogen-bond acceptors (Lipinski definition) is 2. The Kier molecular flexibility index (Phi) is 2.55. The standard InChI is InChI=1S/C9H19NO/c1-8(2)7-9(3)5-6-11-10(9)4/h8H,5-7H2,1-4H3. The fourth-order valence-corrected chi connectivity index (χ4v) is 1.83. The molecule has 0 saturated carbocycles. The lowest BCUT2D eigenvalue weighted by Crippen LogP contribution is -2.38. The fourth-order valence-electron chi connectivity index (χ4n) is 1.83. The van der Waals surface area contributed by atoms with E-state index in [0.717, 1.165) is 12.5 Å². The highest BCUT2D eigenvalue weighted by Crippen LogP contribution is 2.31. The molecule has 0 aliphatic carbocycles. The van der Waals surface area contributed by atoms with Gasteiger partial charge in [-0.25, -0.2) is 0 Å². The van der Waals surface area contributed by atoms with Gasteiger partial charge in [0.25, 0.3) is 0 Å². The predicted octanol–water partition coefficient (Wildman–Crippen LogP) is 2.06. The molecular formula is C9H19NO. The minimum Gasteiger partial charge on any atom is -0.299 e. The molecule has 2 heteroatoms. The zero-order valence-electron chi connectivity index (χ0n) is 8.05. The molecule has 1 heterocycles. The Morgan fingerprint density at radius 1 is 1.55 bits per heavy atom. The van der Waals surface area contributed by atoms with Crippen LogP contribution in [0.2, 0.25) is 0 Å². The van der Waals surface area contributed by atoms with E-state index in [-0.39, 0.29) is 5.54 Å². The predicted molar refractivity (Wildman–Crippen MR) is 46.2 cm³/mol. The van der Waals surface area contributed by atoms with Crippen molar-refractivity contribution in [2.75, 3.05) is 13.7 Å². The van der Waals surface area contributed by atoms with E-state index in [4.69, 9.17) is 4.84 Å². The summed E-state index contributed by atoms with van der Waals surface area (Å²) in [6.45, 7) is 7.69. The molecule has 0 radical (unpaired) electrons. The second kappa shape index (κ2) is 3.11. The molecule has 1 atom stereocenters. The van der Waals surface area contributed by atoms with E-state index in [2.05, 4.69) is 20.8 Å². The Hall–Kier alpha value is -0.0800. The van der Waals surface area contributed by atoms with Crippen LogP contribution in [0, 0.1) is 5.92 Å². The van der Waals surface area contributed by atoms with E-state index >= 15 is 0 Å². The second-order valence-electron chi connectivity index (χ2n) is 4.18. The molecule has 1 aliphatic heterocycles. The normalized spacial score (nSPS) is 33.5. The third-order valence-corrected chi connectivity index (χ3v) is 2.53. The third kappa shape index (κ3) is 1.94. The van der Waals surface area contributed by atoms with E-state index in [1.807, 2.05) is 12.1 Å². The van der Waals surface area contributed by atoms with Crippen molar-refractivity contribution in [1.29, 1.82) is 0 Å². The number of hydrogen-bond donors (Lipinski definition) is 0. The Morgan fingerprint density at radius 3 is 2.55 bits per heavy atom. The average Bonchev–Trinajstić information content (AvgIpc) is 2.11. The maximum Gasteiger partial charge on any atom is 0.0703 e. The number of nitrogens with zero attached hydrogens (tertiary/aromatic N) is 1. The molecule has 0 N–H and O–H groups in total. The van der Waals surface area contributed by atoms with Crippen LogP contribution in [0.25, 0.3) is 0 Å². The molecule has 0 spiro atoms. The summed E-state index contributed by atoms with van der Waals surface area (Å²) in [5.74, 6) is 0.754. The molecule has 0 amide bonds. The van der Waals surface area contributed by atoms with Gasteiger partial charge in [-0.3, -0.25) is 4.84 Å². The van der Waals surface area contributed by atoms with E-state index < -0.39 is 0 Å². The van der Waals surface area contributed by atoms with Crippen molar-refractivity contribution in [3.63, 3.8) is 0 Å². The van der Waals surface area contributed by atoms with Crippen LogP contribution < -0.4 is 0 Å². The van der Waals surface area contributed by atoms with E-state index in [1.54, 1.807) is 0 Å². The van der Waals surface area contributed by atoms with Crippen LogP contribution in [0.4, 0.5) is 0 Å². The van der Waals surface area contributed by atoms with Crippen LogP contribution in [0.15, 0.2) is 0 Å². The Balaban J connectivity index is 2.51. The summed E-state index contributed by atoms with van der Waals surface area (Å²) in [4.78, 5) is 5.40. The summed E-state index contributed by atoms with van der Waals surface area (Å²) in [6.07, 6.45) is 2.39. The van der Waals surface area contributed by atoms with Gasteiger partial charge < -0.3 is 0 Å². The molecule has 11 heavy (non-hydrogen) atoms. The quantitative estimate of drug-likeness (QED) is 0.608. The van der Waals surface area contributed by atoms with Crippen molar-refractivity contribution >= 4 is 0 Å². The molecule has 1 saturated heterocycles. The van der Waals surface area contributed by atoms with Gasteiger partial charge in [0.15, 0.2) is 0 Å². The van der Waals surface area contributed by atoms with Crippen molar-refractivity contribution in [3.8, 4) is 0 Å². The maximum atomic E-state index is 5.40. The summed E-state index contributed by atoms with van der Waals surface area (Å²) >= 11 is 0. The lowest BCUT2D eigenvalue weighted by molar-refractivity contribution is -0.141. The summed E-state index contributed by atoms with van der Waals surface area (Å²) in [6, 6.07) is 0. The number of rotatable bonds is 2. The molecule has 1 fully saturated rings. The Labute approximate surface area is 69.5 Å². The lowest BCUT2D eigenvalue weighted by atomic mass is 9.89. The maximum absolute atomic E-state index is 5.40. The average molecular weight is 157 g/mol. The molecule has 2 nitrogen and oxygen atoms in total. The van der Waals surface area contributed by atoms with Gasteiger partial charge in [-0.1, -0.05) is 13.8 Å². The summed E-state index contributed by atoms with van der Waals surface area (Å²) in [7, 11) is 2.04. The van der Waals surface area contributed by atoms with Gasteiger partial charge in [0.1, 0.15) is 0 Å². The minimum absolute atomic E-state index is 0.286. The van der Waals surface area contributed by atoms with E-state index in [1.165, 1.54) is 12.8 Å². The third-order valence-electron chi connectivity index (χ3n) is 2.53. The van der Waals surface area contributed by atoms with Crippen LogP contribution in [0.1, 0.15) is 33.6 Å². The Morgan fingerprint density at radius 2 is 2.18 bits per heavy atom. The van der Waals surface area contributed by atoms with Gasteiger partial charge in [-0.15, -0.1) is 0 Å². The molecule has 0 bridgehead atoms. The summed E-state index contributed by atoms with van der Waals surface area (Å²) in [5.41, 5.74) is 0.286. The monoisotopic (exact) mass is 157 g/mol. The second-order valence-corrected chi connectivity index (χ2v) is 4.18. The van der Waals surface area contributed by atoms with Crippen LogP contribution >= 0.6 is 0 Å². The topological polar surface area (TPSA) is 12.5 Å². The molecule has 1 unspecified atom stereocenters. The molecule has 0 aromatic carbocycles. The largest absolute Gasteiger partial charge is 0.299 e. The zero-order chi connectivity index (χ0) is 8.48. The van der Waals surface area contributed by atoms with Crippen LogP contribution in [0.3, 0.4) is 0 Å². The van der Waals surface area contributed by atoms with Crippen molar-refractivity contribution in [3.05, 3.63) is 0 Å². The van der Waals surface area contributed by atoms with Gasteiger partial charge in [0.05, 0.1) is 6.61 Å². The minimum atomic E-state index is 0.286. The van der Waals surface area contributed by atoms with Crippen LogP contribution in [0.5, 0.6) is 0 Å². The van der Waals surface area contributed by atoms with Crippen molar-refractivity contribution in [2.45, 2.75) is 39.2 Å². The first kappa shape index (κ1) is 9.01.